The van der Waals surface area contributed by atoms with Gasteiger partial charge in [-0.2, -0.15) is 0 Å². The van der Waals surface area contributed by atoms with Gasteiger partial charge in [0.15, 0.2) is 17.1 Å². The molecule has 5 nitrogen and oxygen atoms in total. The molecule has 0 unspecified atom stereocenters. The van der Waals surface area contributed by atoms with E-state index in [2.05, 4.69) is 9.97 Å². The molecule has 0 saturated heterocycles. The molecule has 0 aliphatic carbocycles. The Kier molecular flexibility index (Phi) is 2.56. The first kappa shape index (κ1) is 11.5. The van der Waals surface area contributed by atoms with Crippen LogP contribution >= 0.6 is 0 Å². The van der Waals surface area contributed by atoms with Crippen LogP contribution in [-0.4, -0.2) is 14.5 Å². The van der Waals surface area contributed by atoms with Gasteiger partial charge in [0, 0.05) is 13.2 Å². The summed E-state index contributed by atoms with van der Waals surface area (Å²) in [5.74, 6) is -0.335. The van der Waals surface area contributed by atoms with Crippen molar-refractivity contribution < 1.29 is 9.13 Å². The third-order valence-electron chi connectivity index (χ3n) is 2.81. The molecule has 0 spiro atoms. The third-order valence-corrected chi connectivity index (χ3v) is 2.81. The van der Waals surface area contributed by atoms with E-state index in [4.69, 9.17) is 10.5 Å². The molecule has 0 saturated carbocycles. The number of pyridine rings is 1. The van der Waals surface area contributed by atoms with Crippen LogP contribution in [0.3, 0.4) is 0 Å². The van der Waals surface area contributed by atoms with E-state index in [1.807, 2.05) is 11.6 Å². The van der Waals surface area contributed by atoms with Gasteiger partial charge in [-0.15, -0.1) is 0 Å². The third kappa shape index (κ3) is 1.87. The first-order chi connectivity index (χ1) is 9.16. The highest BCUT2D eigenvalue weighted by molar-refractivity contribution is 5.80. The lowest BCUT2D eigenvalue weighted by Gasteiger charge is -2.08. The highest BCUT2D eigenvalue weighted by Gasteiger charge is 2.13. The standard InChI is InChI=1S/C13H11FN4O/c1-18-7-17-11-10(18)5-6-16-13(11)19-12-8(14)3-2-4-9(12)15/h2-7H,15H2,1H3. The number of imidazole rings is 1. The number of anilines is 1. The predicted octanol–water partition coefficient (Wildman–Crippen LogP) is 2.48. The molecule has 6 heteroatoms. The van der Waals surface area contributed by atoms with Crippen molar-refractivity contribution >= 4 is 16.7 Å². The van der Waals surface area contributed by atoms with E-state index in [0.717, 1.165) is 5.52 Å². The minimum Gasteiger partial charge on any atom is -0.432 e. The van der Waals surface area contributed by atoms with Crippen molar-refractivity contribution in [2.45, 2.75) is 0 Å². The van der Waals surface area contributed by atoms with Crippen LogP contribution in [0.5, 0.6) is 11.6 Å². The number of para-hydroxylation sites is 1. The van der Waals surface area contributed by atoms with Crippen LogP contribution in [0.25, 0.3) is 11.0 Å². The molecule has 19 heavy (non-hydrogen) atoms. The van der Waals surface area contributed by atoms with Gasteiger partial charge >= 0.3 is 0 Å². The number of ether oxygens (including phenoxy) is 1. The number of benzene rings is 1. The maximum absolute atomic E-state index is 13.7. The summed E-state index contributed by atoms with van der Waals surface area (Å²) in [5.41, 5.74) is 7.33. The molecule has 0 bridgehead atoms. The second-order valence-corrected chi connectivity index (χ2v) is 4.10. The number of fused-ring (bicyclic) bond motifs is 1. The number of hydrogen-bond acceptors (Lipinski definition) is 4. The quantitative estimate of drug-likeness (QED) is 0.717. The summed E-state index contributed by atoms with van der Waals surface area (Å²) in [6.07, 6.45) is 3.22. The molecule has 3 rings (SSSR count). The first-order valence-electron chi connectivity index (χ1n) is 5.64. The SMILES string of the molecule is Cn1cnc2c(Oc3c(N)cccc3F)nccc21. The molecule has 2 aromatic heterocycles. The molecule has 0 aliphatic rings. The summed E-state index contributed by atoms with van der Waals surface area (Å²) in [7, 11) is 1.86. The Balaban J connectivity index is 2.11. The van der Waals surface area contributed by atoms with Gasteiger partial charge in [-0.25, -0.2) is 14.4 Å². The molecule has 0 radical (unpaired) electrons. The van der Waals surface area contributed by atoms with Crippen molar-refractivity contribution in [2.75, 3.05) is 5.73 Å². The van der Waals surface area contributed by atoms with Gasteiger partial charge in [-0.1, -0.05) is 6.07 Å². The zero-order valence-corrected chi connectivity index (χ0v) is 10.2. The number of hydrogen-bond donors (Lipinski definition) is 1. The molecule has 2 heterocycles. The van der Waals surface area contributed by atoms with E-state index >= 15 is 0 Å². The molecular weight excluding hydrogens is 247 g/mol. The molecule has 96 valence electrons. The minimum atomic E-state index is -0.533. The Morgan fingerprint density at radius 1 is 1.26 bits per heavy atom. The lowest BCUT2D eigenvalue weighted by molar-refractivity contribution is 0.434. The Morgan fingerprint density at radius 3 is 2.89 bits per heavy atom. The van der Waals surface area contributed by atoms with Crippen molar-refractivity contribution in [3.05, 3.63) is 42.6 Å². The van der Waals surface area contributed by atoms with Crippen LogP contribution in [0.15, 0.2) is 36.8 Å². The van der Waals surface area contributed by atoms with Gasteiger partial charge in [0.25, 0.3) is 0 Å². The number of nitrogens with zero attached hydrogens (tertiary/aromatic N) is 3. The normalized spacial score (nSPS) is 10.8. The predicted molar refractivity (Wildman–Crippen MR) is 69.4 cm³/mol. The van der Waals surface area contributed by atoms with Crippen LogP contribution < -0.4 is 10.5 Å². The number of aromatic nitrogens is 3. The highest BCUT2D eigenvalue weighted by atomic mass is 19.1. The van der Waals surface area contributed by atoms with Crippen molar-refractivity contribution in [3.63, 3.8) is 0 Å². The van der Waals surface area contributed by atoms with Crippen molar-refractivity contribution in [1.82, 2.24) is 14.5 Å². The van der Waals surface area contributed by atoms with Crippen LogP contribution in [0.2, 0.25) is 0 Å². The van der Waals surface area contributed by atoms with Crippen LogP contribution in [0.1, 0.15) is 0 Å². The zero-order chi connectivity index (χ0) is 13.4. The summed E-state index contributed by atoms with van der Waals surface area (Å²) in [5, 5.41) is 0. The number of nitrogens with two attached hydrogens (primary N) is 1. The average molecular weight is 258 g/mol. The highest BCUT2D eigenvalue weighted by Crippen LogP contribution is 2.32. The zero-order valence-electron chi connectivity index (χ0n) is 10.2. The van der Waals surface area contributed by atoms with Gasteiger partial charge < -0.3 is 15.0 Å². The van der Waals surface area contributed by atoms with Crippen LogP contribution in [0.4, 0.5) is 10.1 Å². The number of aryl methyl sites for hydroxylation is 1. The van der Waals surface area contributed by atoms with E-state index in [0.29, 0.717) is 5.52 Å². The molecule has 0 aliphatic heterocycles. The fourth-order valence-corrected chi connectivity index (χ4v) is 1.84. The number of rotatable bonds is 2. The number of halogens is 1. The van der Waals surface area contributed by atoms with E-state index in [9.17, 15) is 4.39 Å². The molecule has 0 amide bonds. The lowest BCUT2D eigenvalue weighted by atomic mass is 10.3. The van der Waals surface area contributed by atoms with E-state index < -0.39 is 5.82 Å². The fourth-order valence-electron chi connectivity index (χ4n) is 1.84. The molecule has 0 atom stereocenters. The van der Waals surface area contributed by atoms with Gasteiger partial charge in [-0.05, 0) is 18.2 Å². The van der Waals surface area contributed by atoms with E-state index in [1.165, 1.54) is 12.1 Å². The first-order valence-corrected chi connectivity index (χ1v) is 5.64. The summed E-state index contributed by atoms with van der Waals surface area (Å²) in [4.78, 5) is 8.26. The van der Waals surface area contributed by atoms with Crippen molar-refractivity contribution in [2.24, 2.45) is 7.05 Å². The summed E-state index contributed by atoms with van der Waals surface area (Å²) >= 11 is 0. The fraction of sp³-hybridized carbons (Fsp3) is 0.0769. The second-order valence-electron chi connectivity index (χ2n) is 4.10. The topological polar surface area (TPSA) is 66.0 Å². The maximum atomic E-state index is 13.7. The summed E-state index contributed by atoms with van der Waals surface area (Å²) in [6.45, 7) is 0. The van der Waals surface area contributed by atoms with Gasteiger partial charge in [0.1, 0.15) is 0 Å². The van der Waals surface area contributed by atoms with Gasteiger partial charge in [-0.3, -0.25) is 0 Å². The number of nitrogen functional groups attached to an aromatic ring is 1. The van der Waals surface area contributed by atoms with Gasteiger partial charge in [0.2, 0.25) is 5.88 Å². The maximum Gasteiger partial charge on any atom is 0.247 e. The smallest absolute Gasteiger partial charge is 0.247 e. The van der Waals surface area contributed by atoms with Crippen LogP contribution in [-0.2, 0) is 7.05 Å². The molecule has 0 fully saturated rings. The second kappa shape index (κ2) is 4.24. The molecule has 2 N–H and O–H groups in total. The van der Waals surface area contributed by atoms with Gasteiger partial charge in [0.05, 0.1) is 17.5 Å². The van der Waals surface area contributed by atoms with E-state index in [-0.39, 0.29) is 17.3 Å². The largest absolute Gasteiger partial charge is 0.432 e. The van der Waals surface area contributed by atoms with Crippen molar-refractivity contribution in [1.29, 1.82) is 0 Å². The Labute approximate surface area is 108 Å². The average Bonchev–Trinajstić information content (AvgIpc) is 2.77. The Morgan fingerprint density at radius 2 is 2.11 bits per heavy atom. The summed E-state index contributed by atoms with van der Waals surface area (Å²) in [6, 6.07) is 6.17. The van der Waals surface area contributed by atoms with E-state index in [1.54, 1.807) is 24.7 Å². The molecule has 1 aromatic carbocycles. The lowest BCUT2D eigenvalue weighted by Crippen LogP contribution is -1.97. The Hall–Kier alpha value is -2.63. The molecular formula is C13H11FN4O. The van der Waals surface area contributed by atoms with Crippen molar-refractivity contribution in [3.8, 4) is 11.6 Å². The Bertz CT molecular complexity index is 733. The minimum absolute atomic E-state index is 0.0341. The van der Waals surface area contributed by atoms with Crippen LogP contribution in [0, 0.1) is 5.82 Å². The monoisotopic (exact) mass is 258 g/mol. The summed E-state index contributed by atoms with van der Waals surface area (Å²) < 4.78 is 21.0. The molecule has 3 aromatic rings.